The third-order valence-electron chi connectivity index (χ3n) is 2.13. The zero-order valence-corrected chi connectivity index (χ0v) is 7.93. The molecule has 0 fully saturated rings. The lowest BCUT2D eigenvalue weighted by molar-refractivity contribution is -0.480. The second-order valence-electron chi connectivity index (χ2n) is 3.10. The van der Waals surface area contributed by atoms with Crippen LogP contribution in [0.1, 0.15) is 17.9 Å². The minimum Gasteiger partial charge on any atom is -0.265 e. The van der Waals surface area contributed by atoms with E-state index < -0.39 is 0 Å². The zero-order chi connectivity index (χ0) is 10.4. The quantitative estimate of drug-likeness (QED) is 0.408. The van der Waals surface area contributed by atoms with Crippen LogP contribution in [-0.2, 0) is 0 Å². The van der Waals surface area contributed by atoms with E-state index in [9.17, 15) is 10.1 Å². The number of hydrogen-bond donors (Lipinski definition) is 0. The highest BCUT2D eigenvalue weighted by atomic mass is 16.6. The van der Waals surface area contributed by atoms with Crippen molar-refractivity contribution in [1.29, 1.82) is 0 Å². The lowest BCUT2D eigenvalue weighted by Gasteiger charge is -2.09. The van der Waals surface area contributed by atoms with Gasteiger partial charge in [0, 0.05) is 17.3 Å². The molecule has 0 aliphatic carbocycles. The molecule has 1 aromatic carbocycles. The summed E-state index contributed by atoms with van der Waals surface area (Å²) in [6.45, 7) is 3.68. The molecule has 0 aliphatic heterocycles. The van der Waals surface area contributed by atoms with Crippen molar-refractivity contribution in [3.8, 4) is 0 Å². The second kappa shape index (κ2) is 5.17. The van der Waals surface area contributed by atoms with E-state index in [1.165, 1.54) is 0 Å². The lowest BCUT2D eigenvalue weighted by atomic mass is 9.96. The Balaban J connectivity index is 2.63. The number of nitro groups is 1. The van der Waals surface area contributed by atoms with Crippen molar-refractivity contribution in [2.75, 3.05) is 6.54 Å². The molecule has 0 bridgehead atoms. The van der Waals surface area contributed by atoms with Gasteiger partial charge in [0.15, 0.2) is 0 Å². The van der Waals surface area contributed by atoms with Crippen LogP contribution in [0.2, 0.25) is 0 Å². The Morgan fingerprint density at radius 3 is 2.57 bits per heavy atom. The molecule has 14 heavy (non-hydrogen) atoms. The number of rotatable bonds is 5. The van der Waals surface area contributed by atoms with Gasteiger partial charge in [-0.2, -0.15) is 0 Å². The molecule has 0 N–H and O–H groups in total. The maximum Gasteiger partial charge on any atom is 0.204 e. The average Bonchev–Trinajstić information content (AvgIpc) is 2.20. The van der Waals surface area contributed by atoms with Gasteiger partial charge in [0.1, 0.15) is 0 Å². The number of nitrogens with zero attached hydrogens (tertiary/aromatic N) is 1. The smallest absolute Gasteiger partial charge is 0.204 e. The Bertz CT molecular complexity index is 308. The summed E-state index contributed by atoms with van der Waals surface area (Å²) in [5.41, 5.74) is 1.09. The molecular weight excluding hydrogens is 178 g/mol. The maximum atomic E-state index is 10.2. The number of allylic oxidation sites excluding steroid dienone is 1. The van der Waals surface area contributed by atoms with Crippen LogP contribution < -0.4 is 0 Å². The molecule has 0 saturated heterocycles. The van der Waals surface area contributed by atoms with E-state index in [0.717, 1.165) is 5.56 Å². The SMILES string of the molecule is C=CC(CC[N+](=O)[O-])c1ccccc1. The van der Waals surface area contributed by atoms with Gasteiger partial charge in [-0.05, 0) is 5.56 Å². The first kappa shape index (κ1) is 10.4. The van der Waals surface area contributed by atoms with E-state index in [1.807, 2.05) is 30.3 Å². The third-order valence-corrected chi connectivity index (χ3v) is 2.13. The highest BCUT2D eigenvalue weighted by molar-refractivity contribution is 5.22. The molecule has 0 aliphatic rings. The summed E-state index contributed by atoms with van der Waals surface area (Å²) >= 11 is 0. The summed E-state index contributed by atoms with van der Waals surface area (Å²) in [5.74, 6) is 0.0848. The molecule has 1 aromatic rings. The fourth-order valence-electron chi connectivity index (χ4n) is 1.37. The molecule has 1 unspecified atom stereocenters. The van der Waals surface area contributed by atoms with Crippen molar-refractivity contribution in [1.82, 2.24) is 0 Å². The van der Waals surface area contributed by atoms with Crippen molar-refractivity contribution in [2.24, 2.45) is 0 Å². The van der Waals surface area contributed by atoms with Gasteiger partial charge in [-0.25, -0.2) is 0 Å². The van der Waals surface area contributed by atoms with Crippen LogP contribution in [0, 0.1) is 10.1 Å². The van der Waals surface area contributed by atoms with Crippen LogP contribution in [0.4, 0.5) is 0 Å². The van der Waals surface area contributed by atoms with E-state index in [0.29, 0.717) is 6.42 Å². The van der Waals surface area contributed by atoms with Gasteiger partial charge in [0.25, 0.3) is 0 Å². The second-order valence-corrected chi connectivity index (χ2v) is 3.10. The first-order valence-corrected chi connectivity index (χ1v) is 4.53. The Morgan fingerprint density at radius 2 is 2.07 bits per heavy atom. The number of benzene rings is 1. The molecule has 0 amide bonds. The summed E-state index contributed by atoms with van der Waals surface area (Å²) in [6, 6.07) is 9.71. The van der Waals surface area contributed by atoms with E-state index in [1.54, 1.807) is 6.08 Å². The fourth-order valence-corrected chi connectivity index (χ4v) is 1.37. The van der Waals surface area contributed by atoms with Gasteiger partial charge in [0.05, 0.1) is 0 Å². The van der Waals surface area contributed by atoms with Crippen LogP contribution in [0.5, 0.6) is 0 Å². The monoisotopic (exact) mass is 191 g/mol. The minimum absolute atomic E-state index is 0.00835. The third kappa shape index (κ3) is 3.01. The molecule has 0 saturated carbocycles. The van der Waals surface area contributed by atoms with Crippen molar-refractivity contribution in [3.63, 3.8) is 0 Å². The Hall–Kier alpha value is -1.64. The van der Waals surface area contributed by atoms with Crippen LogP contribution in [-0.4, -0.2) is 11.5 Å². The summed E-state index contributed by atoms with van der Waals surface area (Å²) in [6.07, 6.45) is 2.28. The molecule has 1 rings (SSSR count). The van der Waals surface area contributed by atoms with Crippen LogP contribution >= 0.6 is 0 Å². The molecule has 0 aromatic heterocycles. The molecule has 0 heterocycles. The fraction of sp³-hybridized carbons (Fsp3) is 0.273. The summed E-state index contributed by atoms with van der Waals surface area (Å²) in [7, 11) is 0. The topological polar surface area (TPSA) is 43.1 Å². The highest BCUT2D eigenvalue weighted by Crippen LogP contribution is 2.19. The van der Waals surface area contributed by atoms with Gasteiger partial charge in [0.2, 0.25) is 6.54 Å². The van der Waals surface area contributed by atoms with E-state index in [2.05, 4.69) is 6.58 Å². The van der Waals surface area contributed by atoms with Crippen LogP contribution in [0.25, 0.3) is 0 Å². The van der Waals surface area contributed by atoms with E-state index in [-0.39, 0.29) is 17.4 Å². The predicted octanol–water partition coefficient (Wildman–Crippen LogP) is 2.62. The number of hydrogen-bond acceptors (Lipinski definition) is 2. The largest absolute Gasteiger partial charge is 0.265 e. The zero-order valence-electron chi connectivity index (χ0n) is 7.93. The highest BCUT2D eigenvalue weighted by Gasteiger charge is 2.09. The molecule has 0 radical (unpaired) electrons. The molecule has 0 spiro atoms. The summed E-state index contributed by atoms with van der Waals surface area (Å²) in [5, 5.41) is 10.2. The molecule has 3 heteroatoms. The van der Waals surface area contributed by atoms with Crippen molar-refractivity contribution >= 4 is 0 Å². The first-order valence-electron chi connectivity index (χ1n) is 4.53. The first-order chi connectivity index (χ1) is 6.74. The van der Waals surface area contributed by atoms with Gasteiger partial charge >= 0.3 is 0 Å². The standard InChI is InChI=1S/C11H13NO2/c1-2-10(8-9-12(13)14)11-6-4-3-5-7-11/h2-7,10H,1,8-9H2. The van der Waals surface area contributed by atoms with Crippen LogP contribution in [0.15, 0.2) is 43.0 Å². The molecule has 3 nitrogen and oxygen atoms in total. The Kier molecular flexibility index (Phi) is 3.85. The summed E-state index contributed by atoms with van der Waals surface area (Å²) < 4.78 is 0. The van der Waals surface area contributed by atoms with Crippen molar-refractivity contribution < 1.29 is 4.92 Å². The Morgan fingerprint density at radius 1 is 1.43 bits per heavy atom. The van der Waals surface area contributed by atoms with E-state index in [4.69, 9.17) is 0 Å². The average molecular weight is 191 g/mol. The molecular formula is C11H13NO2. The van der Waals surface area contributed by atoms with Gasteiger partial charge in [-0.1, -0.05) is 36.4 Å². The van der Waals surface area contributed by atoms with Gasteiger partial charge in [-0.3, -0.25) is 10.1 Å². The van der Waals surface area contributed by atoms with Crippen LogP contribution in [0.3, 0.4) is 0 Å². The predicted molar refractivity (Wildman–Crippen MR) is 55.9 cm³/mol. The normalized spacial score (nSPS) is 12.0. The molecule has 74 valence electrons. The van der Waals surface area contributed by atoms with E-state index >= 15 is 0 Å². The lowest BCUT2D eigenvalue weighted by Crippen LogP contribution is -2.05. The van der Waals surface area contributed by atoms with Gasteiger partial charge in [-0.15, -0.1) is 6.58 Å². The van der Waals surface area contributed by atoms with Gasteiger partial charge < -0.3 is 0 Å². The van der Waals surface area contributed by atoms with Crippen molar-refractivity contribution in [2.45, 2.75) is 12.3 Å². The summed E-state index contributed by atoms with van der Waals surface area (Å²) in [4.78, 5) is 9.93. The molecule has 1 atom stereocenters. The minimum atomic E-state index is -0.292. The maximum absolute atomic E-state index is 10.2. The Labute approximate surface area is 83.2 Å². The van der Waals surface area contributed by atoms with Crippen molar-refractivity contribution in [3.05, 3.63) is 58.7 Å².